The zero-order chi connectivity index (χ0) is 51.1. The molecule has 0 bridgehead atoms. The summed E-state index contributed by atoms with van der Waals surface area (Å²) >= 11 is 0. The molecule has 0 heterocycles. The molecule has 0 N–H and O–H groups in total. The second-order valence-corrected chi connectivity index (χ2v) is 23.0. The Morgan fingerprint density at radius 3 is 0.700 bits per heavy atom. The van der Waals surface area contributed by atoms with Crippen molar-refractivity contribution in [1.29, 1.82) is 0 Å². The molecule has 0 aliphatic heterocycles. The predicted octanol–water partition coefficient (Wildman–Crippen LogP) is 21.2. The Labute approximate surface area is 438 Å². The van der Waals surface area contributed by atoms with E-state index in [4.69, 9.17) is 14.2 Å². The maximum Gasteiger partial charge on any atom is 0.306 e. The van der Waals surface area contributed by atoms with Crippen molar-refractivity contribution in [2.45, 2.75) is 368 Å². The third-order valence-corrected chi connectivity index (χ3v) is 14.7. The van der Waals surface area contributed by atoms with E-state index in [2.05, 4.69) is 34.6 Å². The maximum atomic E-state index is 12.9. The number of carbonyl (C=O) groups excluding carboxylic acids is 3. The molecule has 0 fully saturated rings. The summed E-state index contributed by atoms with van der Waals surface area (Å²) in [5.74, 6) is 0.877. The van der Waals surface area contributed by atoms with E-state index in [-0.39, 0.29) is 31.1 Å². The van der Waals surface area contributed by atoms with Crippen molar-refractivity contribution in [2.75, 3.05) is 13.2 Å². The highest BCUT2D eigenvalue weighted by Gasteiger charge is 2.19. The van der Waals surface area contributed by atoms with Crippen LogP contribution in [0.2, 0.25) is 0 Å². The van der Waals surface area contributed by atoms with Crippen LogP contribution in [0.15, 0.2) is 0 Å². The lowest BCUT2D eigenvalue weighted by atomic mass is 10.0. The van der Waals surface area contributed by atoms with E-state index >= 15 is 0 Å². The van der Waals surface area contributed by atoms with Gasteiger partial charge >= 0.3 is 17.9 Å². The van der Waals surface area contributed by atoms with Gasteiger partial charge in [-0.05, 0) is 31.1 Å². The van der Waals surface area contributed by atoms with Gasteiger partial charge in [0, 0.05) is 19.3 Å². The minimum absolute atomic E-state index is 0.0618. The van der Waals surface area contributed by atoms with Crippen molar-refractivity contribution in [3.8, 4) is 0 Å². The van der Waals surface area contributed by atoms with Crippen LogP contribution in [0.25, 0.3) is 0 Å². The highest BCUT2D eigenvalue weighted by atomic mass is 16.6. The molecule has 0 amide bonds. The molecule has 0 aromatic rings. The first-order valence-electron chi connectivity index (χ1n) is 31.7. The van der Waals surface area contributed by atoms with E-state index in [9.17, 15) is 14.4 Å². The molecule has 416 valence electrons. The molecule has 0 aliphatic carbocycles. The average molecular weight is 990 g/mol. The Kier molecular flexibility index (Phi) is 55.4. The van der Waals surface area contributed by atoms with Gasteiger partial charge in [-0.15, -0.1) is 0 Å². The highest BCUT2D eigenvalue weighted by Crippen LogP contribution is 2.19. The van der Waals surface area contributed by atoms with Gasteiger partial charge in [-0.2, -0.15) is 0 Å². The monoisotopic (exact) mass is 989 g/mol. The Bertz CT molecular complexity index is 1070. The van der Waals surface area contributed by atoms with Crippen LogP contribution in [0.3, 0.4) is 0 Å². The molecule has 70 heavy (non-hydrogen) atoms. The Hall–Kier alpha value is -1.59. The van der Waals surface area contributed by atoms with Gasteiger partial charge in [0.05, 0.1) is 0 Å². The van der Waals surface area contributed by atoms with Crippen LogP contribution in [-0.2, 0) is 28.6 Å². The molecule has 0 aliphatic rings. The van der Waals surface area contributed by atoms with E-state index in [1.54, 1.807) is 0 Å². The van der Waals surface area contributed by atoms with Gasteiger partial charge in [-0.25, -0.2) is 0 Å². The second-order valence-electron chi connectivity index (χ2n) is 23.0. The molecule has 6 nitrogen and oxygen atoms in total. The van der Waals surface area contributed by atoms with Gasteiger partial charge in [0.1, 0.15) is 13.2 Å². The topological polar surface area (TPSA) is 78.9 Å². The van der Waals surface area contributed by atoms with Gasteiger partial charge in [0.15, 0.2) is 6.10 Å². The molecule has 0 saturated heterocycles. The molecule has 0 saturated carbocycles. The molecule has 0 unspecified atom stereocenters. The van der Waals surface area contributed by atoms with Crippen molar-refractivity contribution in [1.82, 2.24) is 0 Å². The van der Waals surface area contributed by atoms with Crippen LogP contribution in [0.4, 0.5) is 0 Å². The van der Waals surface area contributed by atoms with Crippen molar-refractivity contribution in [3.63, 3.8) is 0 Å². The zero-order valence-corrected chi connectivity index (χ0v) is 48.2. The van der Waals surface area contributed by atoms with Crippen LogP contribution in [0, 0.1) is 11.8 Å². The fourth-order valence-electron chi connectivity index (χ4n) is 9.93. The number of esters is 3. The normalized spacial score (nSPS) is 12.0. The largest absolute Gasteiger partial charge is 0.462 e. The van der Waals surface area contributed by atoms with Crippen LogP contribution >= 0.6 is 0 Å². The summed E-state index contributed by atoms with van der Waals surface area (Å²) in [5, 5.41) is 0. The van der Waals surface area contributed by atoms with E-state index in [0.29, 0.717) is 19.3 Å². The summed E-state index contributed by atoms with van der Waals surface area (Å²) in [5.41, 5.74) is 0. The van der Waals surface area contributed by atoms with E-state index in [1.807, 2.05) is 0 Å². The fraction of sp³-hybridized carbons (Fsp3) is 0.953. The highest BCUT2D eigenvalue weighted by molar-refractivity contribution is 5.71. The molecular weight excluding hydrogens is 865 g/mol. The van der Waals surface area contributed by atoms with Crippen molar-refractivity contribution >= 4 is 17.9 Å². The SMILES string of the molecule is CCCCCCCCCCCCCCCC(=O)O[C@H](COC(=O)CCCCCCCCCCCCCCCCCCCCC(C)C)COC(=O)CCCCCCCCCCCCCCCCCC(C)C. The van der Waals surface area contributed by atoms with E-state index < -0.39 is 6.10 Å². The summed E-state index contributed by atoms with van der Waals surface area (Å²) in [6.45, 7) is 11.5. The van der Waals surface area contributed by atoms with Gasteiger partial charge in [0.2, 0.25) is 0 Å². The number of hydrogen-bond acceptors (Lipinski definition) is 6. The molecule has 0 spiro atoms. The fourth-order valence-corrected chi connectivity index (χ4v) is 9.93. The lowest BCUT2D eigenvalue weighted by Crippen LogP contribution is -2.30. The lowest BCUT2D eigenvalue weighted by molar-refractivity contribution is -0.167. The third kappa shape index (κ3) is 57.3. The molecular formula is C64H124O6. The number of carbonyl (C=O) groups is 3. The molecule has 0 radical (unpaired) electrons. The molecule has 6 heteroatoms. The summed E-state index contributed by atoms with van der Waals surface area (Å²) in [6.07, 6.45) is 62.5. The van der Waals surface area contributed by atoms with Gasteiger partial charge in [0.25, 0.3) is 0 Å². The van der Waals surface area contributed by atoms with E-state index in [0.717, 1.165) is 69.6 Å². The predicted molar refractivity (Wildman–Crippen MR) is 303 cm³/mol. The standard InChI is InChI=1S/C64H124O6/c1-6-7-8-9-10-11-12-22-31-36-41-46-51-56-64(67)70-61(58-69-63(66)55-50-45-40-35-30-26-21-17-19-24-28-33-38-43-48-53-60(4)5)57-68-62(65)54-49-44-39-34-29-25-20-16-14-13-15-18-23-27-32-37-42-47-52-59(2)3/h59-61H,6-58H2,1-5H3/t61-/m1/s1. The number of ether oxygens (including phenoxy) is 3. The Balaban J connectivity index is 4.23. The molecule has 1 atom stereocenters. The first-order valence-corrected chi connectivity index (χ1v) is 31.7. The third-order valence-electron chi connectivity index (χ3n) is 14.7. The quantitative estimate of drug-likeness (QED) is 0.0343. The van der Waals surface area contributed by atoms with Crippen LogP contribution in [0.1, 0.15) is 362 Å². The summed E-state index contributed by atoms with van der Waals surface area (Å²) in [6, 6.07) is 0. The Morgan fingerprint density at radius 1 is 0.271 bits per heavy atom. The maximum absolute atomic E-state index is 12.9. The van der Waals surface area contributed by atoms with Crippen LogP contribution in [0.5, 0.6) is 0 Å². The first kappa shape index (κ1) is 68.4. The zero-order valence-electron chi connectivity index (χ0n) is 48.2. The molecule has 0 rings (SSSR count). The minimum Gasteiger partial charge on any atom is -0.462 e. The van der Waals surface area contributed by atoms with Gasteiger partial charge in [-0.3, -0.25) is 14.4 Å². The smallest absolute Gasteiger partial charge is 0.306 e. The Morgan fingerprint density at radius 2 is 0.471 bits per heavy atom. The molecule has 0 aromatic carbocycles. The second kappa shape index (κ2) is 56.7. The van der Waals surface area contributed by atoms with Crippen molar-refractivity contribution in [3.05, 3.63) is 0 Å². The van der Waals surface area contributed by atoms with Crippen molar-refractivity contribution < 1.29 is 28.6 Å². The summed E-state index contributed by atoms with van der Waals surface area (Å²) in [4.78, 5) is 38.3. The number of unbranched alkanes of at least 4 members (excludes halogenated alkanes) is 43. The molecule has 0 aromatic heterocycles. The van der Waals surface area contributed by atoms with Crippen LogP contribution < -0.4 is 0 Å². The lowest BCUT2D eigenvalue weighted by Gasteiger charge is -2.18. The van der Waals surface area contributed by atoms with Gasteiger partial charge < -0.3 is 14.2 Å². The first-order chi connectivity index (χ1) is 34.2. The number of hydrogen-bond donors (Lipinski definition) is 0. The number of rotatable bonds is 58. The van der Waals surface area contributed by atoms with Crippen LogP contribution in [-0.4, -0.2) is 37.2 Å². The summed E-state index contributed by atoms with van der Waals surface area (Å²) < 4.78 is 16.9. The van der Waals surface area contributed by atoms with Gasteiger partial charge in [-0.1, -0.05) is 324 Å². The average Bonchev–Trinajstić information content (AvgIpc) is 3.33. The minimum atomic E-state index is -0.763. The summed E-state index contributed by atoms with van der Waals surface area (Å²) in [7, 11) is 0. The van der Waals surface area contributed by atoms with Crippen molar-refractivity contribution in [2.24, 2.45) is 11.8 Å². The van der Waals surface area contributed by atoms with E-state index in [1.165, 1.54) is 250 Å².